The first-order valence-electron chi connectivity index (χ1n) is 9.55. The minimum atomic E-state index is -0.149. The lowest BCUT2D eigenvalue weighted by atomic mass is 9.97. The van der Waals surface area contributed by atoms with Crippen molar-refractivity contribution in [2.24, 2.45) is 5.10 Å². The van der Waals surface area contributed by atoms with Gasteiger partial charge in [0.05, 0.1) is 18.3 Å². The summed E-state index contributed by atoms with van der Waals surface area (Å²) in [6, 6.07) is 15.9. The first-order chi connectivity index (χ1) is 13.1. The fourth-order valence-electron chi connectivity index (χ4n) is 3.93. The number of carbonyl (C=O) groups is 1. The molecule has 2 heterocycles. The number of hydrogen-bond acceptors (Lipinski definition) is 3. The predicted molar refractivity (Wildman–Crippen MR) is 109 cm³/mol. The van der Waals surface area contributed by atoms with Crippen LogP contribution < -0.4 is 0 Å². The summed E-state index contributed by atoms with van der Waals surface area (Å²) in [7, 11) is 0. The lowest BCUT2D eigenvalue weighted by molar-refractivity contribution is -0.134. The third-order valence-electron chi connectivity index (χ3n) is 5.34. The lowest BCUT2D eigenvalue weighted by Crippen LogP contribution is -2.37. The number of nitrogens with zero attached hydrogens (tertiary/aromatic N) is 3. The molecule has 1 amide bonds. The molecule has 1 unspecified atom stereocenters. The molecule has 1 atom stereocenters. The third-order valence-corrected chi connectivity index (χ3v) is 5.68. The standard InChI is InChI=1S/C22H24ClN3O/c1-16-7-6-8-17(13-16)20-14-21(18-9-2-3-10-19(18)23)26(24-20)22(27)15-25-11-4-5-12-25/h2-3,6-10,13,21H,4-5,11-12,14-15H2,1H3. The molecular weight excluding hydrogens is 358 g/mol. The van der Waals surface area contributed by atoms with Crippen molar-refractivity contribution in [3.05, 3.63) is 70.2 Å². The molecule has 140 valence electrons. The van der Waals surface area contributed by atoms with Crippen LogP contribution in [0.3, 0.4) is 0 Å². The van der Waals surface area contributed by atoms with E-state index in [1.807, 2.05) is 30.3 Å². The number of likely N-dealkylation sites (tertiary alicyclic amines) is 1. The molecule has 5 heteroatoms. The molecule has 2 aliphatic rings. The number of benzene rings is 2. The van der Waals surface area contributed by atoms with E-state index in [1.54, 1.807) is 5.01 Å². The summed E-state index contributed by atoms with van der Waals surface area (Å²) >= 11 is 6.46. The Morgan fingerprint density at radius 3 is 2.67 bits per heavy atom. The van der Waals surface area contributed by atoms with E-state index in [2.05, 4.69) is 30.0 Å². The Kier molecular flexibility index (Phi) is 5.28. The smallest absolute Gasteiger partial charge is 0.257 e. The number of halogens is 1. The number of carbonyl (C=O) groups excluding carboxylic acids is 1. The van der Waals surface area contributed by atoms with Crippen LogP contribution in [0.1, 0.15) is 42.0 Å². The summed E-state index contributed by atoms with van der Waals surface area (Å²) < 4.78 is 0. The maximum Gasteiger partial charge on any atom is 0.257 e. The van der Waals surface area contributed by atoms with Crippen molar-refractivity contribution in [1.82, 2.24) is 9.91 Å². The summed E-state index contributed by atoms with van der Waals surface area (Å²) in [5.74, 6) is 0.0458. The molecule has 2 aliphatic heterocycles. The minimum absolute atomic E-state index is 0.0458. The van der Waals surface area contributed by atoms with Crippen LogP contribution >= 0.6 is 11.6 Å². The van der Waals surface area contributed by atoms with Gasteiger partial charge in [-0.2, -0.15) is 5.10 Å². The van der Waals surface area contributed by atoms with Crippen LogP contribution in [0.2, 0.25) is 5.02 Å². The zero-order chi connectivity index (χ0) is 18.8. The maximum atomic E-state index is 13.1. The van der Waals surface area contributed by atoms with E-state index in [0.717, 1.165) is 29.9 Å². The number of amides is 1. The first kappa shape index (κ1) is 18.2. The number of hydrazone groups is 1. The van der Waals surface area contributed by atoms with E-state index in [0.29, 0.717) is 18.0 Å². The van der Waals surface area contributed by atoms with Crippen LogP contribution in [-0.2, 0) is 4.79 Å². The van der Waals surface area contributed by atoms with E-state index in [1.165, 1.54) is 18.4 Å². The molecule has 2 aromatic rings. The van der Waals surface area contributed by atoms with Gasteiger partial charge in [-0.3, -0.25) is 9.69 Å². The maximum absolute atomic E-state index is 13.1. The summed E-state index contributed by atoms with van der Waals surface area (Å²) in [5, 5.41) is 7.10. The lowest BCUT2D eigenvalue weighted by Gasteiger charge is -2.25. The highest BCUT2D eigenvalue weighted by Crippen LogP contribution is 2.36. The number of hydrogen-bond donors (Lipinski definition) is 0. The van der Waals surface area contributed by atoms with Gasteiger partial charge in [-0.05, 0) is 50.0 Å². The number of rotatable bonds is 4. The Morgan fingerprint density at radius 1 is 1.15 bits per heavy atom. The Bertz CT molecular complexity index is 873. The van der Waals surface area contributed by atoms with E-state index < -0.39 is 0 Å². The van der Waals surface area contributed by atoms with Crippen molar-refractivity contribution < 1.29 is 4.79 Å². The highest BCUT2D eigenvalue weighted by molar-refractivity contribution is 6.31. The fraction of sp³-hybridized carbons (Fsp3) is 0.364. The molecule has 4 nitrogen and oxygen atoms in total. The average Bonchev–Trinajstić information content (AvgIpc) is 3.32. The van der Waals surface area contributed by atoms with Crippen LogP contribution in [0.25, 0.3) is 0 Å². The quantitative estimate of drug-likeness (QED) is 0.785. The molecule has 4 rings (SSSR count). The molecule has 27 heavy (non-hydrogen) atoms. The topological polar surface area (TPSA) is 35.9 Å². The molecule has 2 aromatic carbocycles. The highest BCUT2D eigenvalue weighted by atomic mass is 35.5. The average molecular weight is 382 g/mol. The van der Waals surface area contributed by atoms with Crippen molar-refractivity contribution in [1.29, 1.82) is 0 Å². The van der Waals surface area contributed by atoms with Gasteiger partial charge in [0.25, 0.3) is 5.91 Å². The van der Waals surface area contributed by atoms with E-state index in [9.17, 15) is 4.79 Å². The molecule has 0 N–H and O–H groups in total. The van der Waals surface area contributed by atoms with Crippen LogP contribution in [-0.4, -0.2) is 41.2 Å². The predicted octanol–water partition coefficient (Wildman–Crippen LogP) is 4.42. The van der Waals surface area contributed by atoms with Gasteiger partial charge >= 0.3 is 0 Å². The number of aryl methyl sites for hydroxylation is 1. The zero-order valence-electron chi connectivity index (χ0n) is 15.6. The largest absolute Gasteiger partial charge is 0.294 e. The Balaban J connectivity index is 1.65. The van der Waals surface area contributed by atoms with Gasteiger partial charge in [-0.1, -0.05) is 59.6 Å². The van der Waals surface area contributed by atoms with Crippen molar-refractivity contribution in [3.63, 3.8) is 0 Å². The molecule has 0 bridgehead atoms. The second-order valence-electron chi connectivity index (χ2n) is 7.38. The van der Waals surface area contributed by atoms with Gasteiger partial charge in [-0.25, -0.2) is 5.01 Å². The van der Waals surface area contributed by atoms with Gasteiger partial charge in [-0.15, -0.1) is 0 Å². The summed E-state index contributed by atoms with van der Waals surface area (Å²) in [5.41, 5.74) is 4.16. The molecular formula is C22H24ClN3O. The van der Waals surface area contributed by atoms with E-state index >= 15 is 0 Å². The molecule has 1 fully saturated rings. The van der Waals surface area contributed by atoms with Crippen LogP contribution in [0.4, 0.5) is 0 Å². The van der Waals surface area contributed by atoms with Gasteiger partial charge in [0.1, 0.15) is 0 Å². The second-order valence-corrected chi connectivity index (χ2v) is 7.79. The molecule has 0 radical (unpaired) electrons. The first-order valence-corrected chi connectivity index (χ1v) is 9.93. The molecule has 0 aliphatic carbocycles. The Labute approximate surface area is 165 Å². The van der Waals surface area contributed by atoms with E-state index in [4.69, 9.17) is 16.7 Å². The second kappa shape index (κ2) is 7.83. The Hall–Kier alpha value is -2.17. The summed E-state index contributed by atoms with van der Waals surface area (Å²) in [6.45, 7) is 4.47. The van der Waals surface area contributed by atoms with Crippen LogP contribution in [0, 0.1) is 6.92 Å². The SMILES string of the molecule is Cc1cccc(C2=NN(C(=O)CN3CCCC3)C(c3ccccc3Cl)C2)c1. The van der Waals surface area contributed by atoms with E-state index in [-0.39, 0.29) is 11.9 Å². The molecule has 0 saturated carbocycles. The minimum Gasteiger partial charge on any atom is -0.294 e. The van der Waals surface area contributed by atoms with Crippen molar-refractivity contribution >= 4 is 23.2 Å². The third kappa shape index (κ3) is 3.92. The van der Waals surface area contributed by atoms with Gasteiger partial charge in [0, 0.05) is 11.4 Å². The monoisotopic (exact) mass is 381 g/mol. The molecule has 0 spiro atoms. The highest BCUT2D eigenvalue weighted by Gasteiger charge is 2.35. The normalized spacial score (nSPS) is 20.1. The van der Waals surface area contributed by atoms with Crippen molar-refractivity contribution in [2.75, 3.05) is 19.6 Å². The zero-order valence-corrected chi connectivity index (χ0v) is 16.3. The van der Waals surface area contributed by atoms with Crippen molar-refractivity contribution in [3.8, 4) is 0 Å². The summed E-state index contributed by atoms with van der Waals surface area (Å²) in [4.78, 5) is 15.3. The molecule has 1 saturated heterocycles. The van der Waals surface area contributed by atoms with Crippen molar-refractivity contribution in [2.45, 2.75) is 32.2 Å². The summed E-state index contributed by atoms with van der Waals surface area (Å²) in [6.07, 6.45) is 3.01. The van der Waals surface area contributed by atoms with Crippen LogP contribution in [0.5, 0.6) is 0 Å². The fourth-order valence-corrected chi connectivity index (χ4v) is 4.19. The van der Waals surface area contributed by atoms with Gasteiger partial charge in [0.2, 0.25) is 0 Å². The van der Waals surface area contributed by atoms with Crippen LogP contribution in [0.15, 0.2) is 53.6 Å². The Morgan fingerprint density at radius 2 is 1.93 bits per heavy atom. The van der Waals surface area contributed by atoms with Gasteiger partial charge in [0.15, 0.2) is 0 Å². The molecule has 0 aromatic heterocycles. The van der Waals surface area contributed by atoms with Gasteiger partial charge < -0.3 is 0 Å².